The second-order valence-electron chi connectivity index (χ2n) is 6.64. The third kappa shape index (κ3) is 5.40. The van der Waals surface area contributed by atoms with Gasteiger partial charge in [0.25, 0.3) is 0 Å². The van der Waals surface area contributed by atoms with E-state index in [2.05, 4.69) is 30.9 Å². The van der Waals surface area contributed by atoms with Gasteiger partial charge in [-0.2, -0.15) is 0 Å². The van der Waals surface area contributed by atoms with Gasteiger partial charge in [-0.05, 0) is 55.6 Å². The van der Waals surface area contributed by atoms with Crippen LogP contribution in [0.2, 0.25) is 0 Å². The van der Waals surface area contributed by atoms with Crippen molar-refractivity contribution in [2.24, 2.45) is 0 Å². The molecule has 9 heteroatoms. The fraction of sp³-hybridized carbons (Fsp3) is 0.0909. The fourth-order valence-electron chi connectivity index (χ4n) is 2.92. The number of hydrogen-bond acceptors (Lipinski definition) is 6. The lowest BCUT2D eigenvalue weighted by Crippen LogP contribution is -2.19. The van der Waals surface area contributed by atoms with Gasteiger partial charge in [0.15, 0.2) is 0 Å². The third-order valence-corrected chi connectivity index (χ3v) is 5.06. The zero-order valence-corrected chi connectivity index (χ0v) is 17.9. The first-order valence-electron chi connectivity index (χ1n) is 9.52. The Morgan fingerprint density at radius 3 is 2.48 bits per heavy atom. The highest BCUT2D eigenvalue weighted by atomic mass is 32.2. The van der Waals surface area contributed by atoms with Gasteiger partial charge < -0.3 is 16.0 Å². The predicted molar refractivity (Wildman–Crippen MR) is 124 cm³/mol. The van der Waals surface area contributed by atoms with Crippen molar-refractivity contribution in [2.75, 3.05) is 22.2 Å². The molecule has 4 rings (SSSR count). The van der Waals surface area contributed by atoms with Crippen LogP contribution in [0.1, 0.15) is 5.82 Å². The summed E-state index contributed by atoms with van der Waals surface area (Å²) in [6.07, 6.45) is 7.21. The van der Waals surface area contributed by atoms with E-state index in [1.165, 1.54) is 0 Å². The average Bonchev–Trinajstić information content (AvgIpc) is 3.30. The Bertz CT molecular complexity index is 1180. The summed E-state index contributed by atoms with van der Waals surface area (Å²) in [5.41, 5.74) is 2.27. The molecule has 0 saturated carbocycles. The van der Waals surface area contributed by atoms with Gasteiger partial charge in [0.2, 0.25) is 0 Å². The number of imidazole rings is 1. The minimum absolute atomic E-state index is 0.296. The van der Waals surface area contributed by atoms with Gasteiger partial charge in [-0.25, -0.2) is 19.7 Å². The van der Waals surface area contributed by atoms with E-state index in [9.17, 15) is 4.79 Å². The highest BCUT2D eigenvalue weighted by Gasteiger charge is 2.06. The average molecular weight is 432 g/mol. The van der Waals surface area contributed by atoms with Crippen LogP contribution >= 0.6 is 11.8 Å². The van der Waals surface area contributed by atoms with Crippen LogP contribution in [0.4, 0.5) is 27.7 Å². The van der Waals surface area contributed by atoms with Crippen LogP contribution in [0, 0.1) is 6.92 Å². The maximum Gasteiger partial charge on any atom is 0.323 e. The zero-order valence-electron chi connectivity index (χ0n) is 17.0. The van der Waals surface area contributed by atoms with Crippen molar-refractivity contribution < 1.29 is 4.79 Å². The number of rotatable bonds is 6. The second-order valence-corrected chi connectivity index (χ2v) is 7.52. The van der Waals surface area contributed by atoms with E-state index in [0.717, 1.165) is 22.1 Å². The Hall–Kier alpha value is -3.85. The number of thioether (sulfide) groups is 1. The number of aryl methyl sites for hydroxylation is 1. The number of benzene rings is 2. The molecule has 156 valence electrons. The monoisotopic (exact) mass is 431 g/mol. The Labute approximate surface area is 184 Å². The smallest absolute Gasteiger partial charge is 0.323 e. The number of nitrogens with zero attached hydrogens (tertiary/aromatic N) is 4. The lowest BCUT2D eigenvalue weighted by molar-refractivity contribution is 0.262. The molecule has 0 atom stereocenters. The molecule has 0 unspecified atom stereocenters. The molecule has 0 fully saturated rings. The molecule has 4 aromatic rings. The molecule has 0 spiro atoms. The Kier molecular flexibility index (Phi) is 6.13. The van der Waals surface area contributed by atoms with E-state index in [4.69, 9.17) is 0 Å². The van der Waals surface area contributed by atoms with Crippen molar-refractivity contribution in [3.8, 4) is 5.82 Å². The van der Waals surface area contributed by atoms with Crippen LogP contribution in [0.15, 0.2) is 78.2 Å². The molecule has 2 aromatic carbocycles. The van der Waals surface area contributed by atoms with Crippen LogP contribution in [0.25, 0.3) is 5.82 Å². The van der Waals surface area contributed by atoms with E-state index in [1.54, 1.807) is 24.3 Å². The number of amides is 2. The summed E-state index contributed by atoms with van der Waals surface area (Å²) in [6, 6.07) is 16.6. The molecule has 0 bridgehead atoms. The summed E-state index contributed by atoms with van der Waals surface area (Å²) in [4.78, 5) is 26.3. The largest absolute Gasteiger partial charge is 0.340 e. The molecule has 2 amide bonds. The van der Waals surface area contributed by atoms with Crippen molar-refractivity contribution >= 4 is 40.7 Å². The van der Waals surface area contributed by atoms with Crippen LogP contribution in [0.3, 0.4) is 0 Å². The van der Waals surface area contributed by atoms with Crippen molar-refractivity contribution in [3.05, 3.63) is 79.1 Å². The molecular formula is C22H21N7OS. The van der Waals surface area contributed by atoms with E-state index in [1.807, 2.05) is 78.5 Å². The van der Waals surface area contributed by atoms with Crippen LogP contribution < -0.4 is 16.0 Å². The highest BCUT2D eigenvalue weighted by molar-refractivity contribution is 7.98. The molecular weight excluding hydrogens is 410 g/mol. The summed E-state index contributed by atoms with van der Waals surface area (Å²) in [5.74, 6) is 2.05. The van der Waals surface area contributed by atoms with E-state index in [0.29, 0.717) is 17.3 Å². The number of carbonyl (C=O) groups excluding carboxylic acids is 1. The summed E-state index contributed by atoms with van der Waals surface area (Å²) in [6.45, 7) is 1.84. The molecule has 2 heterocycles. The number of anilines is 4. The van der Waals surface area contributed by atoms with Gasteiger partial charge >= 0.3 is 6.03 Å². The number of carbonyl (C=O) groups is 1. The summed E-state index contributed by atoms with van der Waals surface area (Å²) < 4.78 is 1.82. The van der Waals surface area contributed by atoms with E-state index >= 15 is 0 Å². The van der Waals surface area contributed by atoms with E-state index < -0.39 is 0 Å². The summed E-state index contributed by atoms with van der Waals surface area (Å²) >= 11 is 1.62. The summed E-state index contributed by atoms with van der Waals surface area (Å²) in [7, 11) is 0. The molecule has 8 nitrogen and oxygen atoms in total. The molecule has 0 radical (unpaired) electrons. The normalized spacial score (nSPS) is 10.5. The van der Waals surface area contributed by atoms with Gasteiger partial charge in [-0.15, -0.1) is 11.8 Å². The van der Waals surface area contributed by atoms with Gasteiger partial charge in [0, 0.05) is 40.4 Å². The zero-order chi connectivity index (χ0) is 21.6. The molecule has 0 aliphatic carbocycles. The lowest BCUT2D eigenvalue weighted by Gasteiger charge is -2.11. The fourth-order valence-corrected chi connectivity index (χ4v) is 3.38. The van der Waals surface area contributed by atoms with E-state index in [-0.39, 0.29) is 6.03 Å². The first kappa shape index (κ1) is 20.4. The van der Waals surface area contributed by atoms with Crippen LogP contribution in [-0.4, -0.2) is 31.8 Å². The standard InChI is InChI=1S/C22H21N7OS/c1-15-24-20(13-21(25-15)29-11-10-23-14-29)26-16-6-8-17(9-7-16)27-22(30)28-18-4-3-5-19(12-18)31-2/h3-14H,1-2H3,(H,24,25,26)(H2,27,28,30). The van der Waals surface area contributed by atoms with Gasteiger partial charge in [-0.1, -0.05) is 6.07 Å². The molecule has 0 aliphatic heterocycles. The highest BCUT2D eigenvalue weighted by Crippen LogP contribution is 2.21. The second kappa shape index (κ2) is 9.31. The van der Waals surface area contributed by atoms with Gasteiger partial charge in [0.05, 0.1) is 0 Å². The molecule has 31 heavy (non-hydrogen) atoms. The molecule has 0 saturated heterocycles. The third-order valence-electron chi connectivity index (χ3n) is 4.34. The molecule has 0 aliphatic rings. The Balaban J connectivity index is 1.40. The molecule has 2 aromatic heterocycles. The first-order chi connectivity index (χ1) is 15.1. The Morgan fingerprint density at radius 2 is 1.74 bits per heavy atom. The number of hydrogen-bond donors (Lipinski definition) is 3. The van der Waals surface area contributed by atoms with Gasteiger partial charge in [-0.3, -0.25) is 4.57 Å². The van der Waals surface area contributed by atoms with Gasteiger partial charge in [0.1, 0.15) is 23.8 Å². The van der Waals surface area contributed by atoms with Crippen molar-refractivity contribution in [2.45, 2.75) is 11.8 Å². The van der Waals surface area contributed by atoms with Crippen molar-refractivity contribution in [1.29, 1.82) is 0 Å². The number of nitrogens with one attached hydrogen (secondary N) is 3. The predicted octanol–water partition coefficient (Wildman–Crippen LogP) is 5.08. The van der Waals surface area contributed by atoms with Crippen molar-refractivity contribution in [1.82, 2.24) is 19.5 Å². The number of aromatic nitrogens is 4. The van der Waals surface area contributed by atoms with Crippen LogP contribution in [0.5, 0.6) is 0 Å². The molecule has 3 N–H and O–H groups in total. The lowest BCUT2D eigenvalue weighted by atomic mass is 10.2. The van der Waals surface area contributed by atoms with Crippen LogP contribution in [-0.2, 0) is 0 Å². The number of urea groups is 1. The maximum atomic E-state index is 12.3. The minimum atomic E-state index is -0.296. The quantitative estimate of drug-likeness (QED) is 0.368. The maximum absolute atomic E-state index is 12.3. The Morgan fingerprint density at radius 1 is 0.968 bits per heavy atom. The SMILES string of the molecule is CSc1cccc(NC(=O)Nc2ccc(Nc3cc(-n4ccnc4)nc(C)n3)cc2)c1. The topological polar surface area (TPSA) is 96.8 Å². The minimum Gasteiger partial charge on any atom is -0.340 e. The first-order valence-corrected chi connectivity index (χ1v) is 10.7. The summed E-state index contributed by atoms with van der Waals surface area (Å²) in [5, 5.41) is 8.94. The van der Waals surface area contributed by atoms with Crippen molar-refractivity contribution in [3.63, 3.8) is 0 Å².